The Morgan fingerprint density at radius 1 is 1.36 bits per heavy atom. The van der Waals surface area contributed by atoms with Gasteiger partial charge in [0, 0.05) is 5.56 Å². The van der Waals surface area contributed by atoms with Crippen LogP contribution in [-0.4, -0.2) is 9.97 Å². The number of nitrogens with zero attached hydrogens (tertiary/aromatic N) is 1. The van der Waals surface area contributed by atoms with Crippen LogP contribution in [0.15, 0.2) is 9.59 Å². The minimum atomic E-state index is -0.655. The van der Waals surface area contributed by atoms with Gasteiger partial charge in [-0.25, -0.2) is 4.79 Å². The van der Waals surface area contributed by atoms with Crippen LogP contribution in [-0.2, 0) is 0 Å². The molecule has 0 amide bonds. The highest BCUT2D eigenvalue weighted by atomic mass is 16.2. The van der Waals surface area contributed by atoms with Crippen molar-refractivity contribution in [2.24, 2.45) is 0 Å². The van der Waals surface area contributed by atoms with Crippen LogP contribution in [0.1, 0.15) is 11.3 Å². The average Bonchev–Trinajstić information content (AvgIpc) is 1.96. The maximum atomic E-state index is 10.8. The third-order valence-corrected chi connectivity index (χ3v) is 1.29. The molecule has 1 heterocycles. The van der Waals surface area contributed by atoms with E-state index < -0.39 is 11.2 Å². The van der Waals surface area contributed by atoms with Gasteiger partial charge in [0.2, 0.25) is 0 Å². The zero-order valence-corrected chi connectivity index (χ0v) is 5.76. The van der Waals surface area contributed by atoms with E-state index in [2.05, 4.69) is 4.98 Å². The van der Waals surface area contributed by atoms with Crippen molar-refractivity contribution in [3.05, 3.63) is 32.1 Å². The van der Waals surface area contributed by atoms with Crippen LogP contribution in [0.3, 0.4) is 0 Å². The fourth-order valence-corrected chi connectivity index (χ4v) is 0.661. The molecule has 0 saturated heterocycles. The van der Waals surface area contributed by atoms with Crippen molar-refractivity contribution < 1.29 is 0 Å². The minimum absolute atomic E-state index is 0.0127. The van der Waals surface area contributed by atoms with Crippen LogP contribution in [0.2, 0.25) is 0 Å². The number of hydrogen-bond donors (Lipinski definition) is 2. The summed E-state index contributed by atoms with van der Waals surface area (Å²) in [7, 11) is 0. The fourth-order valence-electron chi connectivity index (χ4n) is 0.661. The number of aromatic amines is 2. The van der Waals surface area contributed by atoms with E-state index in [1.807, 2.05) is 4.98 Å². The number of rotatable bonds is 0. The summed E-state index contributed by atoms with van der Waals surface area (Å²) in [4.78, 5) is 25.5. The van der Waals surface area contributed by atoms with E-state index in [1.165, 1.54) is 6.92 Å². The van der Waals surface area contributed by atoms with Crippen molar-refractivity contribution in [2.45, 2.75) is 6.92 Å². The lowest BCUT2D eigenvalue weighted by atomic mass is 10.3. The molecule has 1 aromatic rings. The molecule has 56 valence electrons. The van der Waals surface area contributed by atoms with Gasteiger partial charge < -0.3 is 0 Å². The lowest BCUT2D eigenvalue weighted by molar-refractivity contribution is 0.988. The molecule has 0 aliphatic heterocycles. The molecule has 0 radical (unpaired) electrons. The Hall–Kier alpha value is -1.83. The third kappa shape index (κ3) is 1.19. The summed E-state index contributed by atoms with van der Waals surface area (Å²) in [5, 5.41) is 8.39. The molecule has 0 aromatic carbocycles. The molecule has 1 rings (SSSR count). The molecule has 0 aliphatic rings. The molecule has 2 N–H and O–H groups in total. The topological polar surface area (TPSA) is 89.5 Å². The normalized spacial score (nSPS) is 9.09. The summed E-state index contributed by atoms with van der Waals surface area (Å²) >= 11 is 0. The average molecular weight is 151 g/mol. The largest absolute Gasteiger partial charge is 0.326 e. The van der Waals surface area contributed by atoms with Crippen LogP contribution in [0.4, 0.5) is 0 Å². The van der Waals surface area contributed by atoms with E-state index in [0.29, 0.717) is 0 Å². The summed E-state index contributed by atoms with van der Waals surface area (Å²) in [6.07, 6.45) is 0. The summed E-state index contributed by atoms with van der Waals surface area (Å²) in [6, 6.07) is 1.70. The van der Waals surface area contributed by atoms with Crippen molar-refractivity contribution in [2.75, 3.05) is 0 Å². The second-order valence-corrected chi connectivity index (χ2v) is 2.02. The van der Waals surface area contributed by atoms with Gasteiger partial charge in [0.1, 0.15) is 11.8 Å². The highest BCUT2D eigenvalue weighted by Gasteiger charge is 2.01. The first-order valence-electron chi connectivity index (χ1n) is 2.88. The zero-order valence-electron chi connectivity index (χ0n) is 5.76. The highest BCUT2D eigenvalue weighted by molar-refractivity contribution is 5.26. The van der Waals surface area contributed by atoms with Crippen molar-refractivity contribution in [1.82, 2.24) is 9.97 Å². The lowest BCUT2D eigenvalue weighted by Gasteiger charge is -1.91. The van der Waals surface area contributed by atoms with Gasteiger partial charge in [-0.15, -0.1) is 0 Å². The van der Waals surface area contributed by atoms with E-state index >= 15 is 0 Å². The Kier molecular flexibility index (Phi) is 1.60. The fraction of sp³-hybridized carbons (Fsp3) is 0.167. The molecular formula is C6H5N3O2. The van der Waals surface area contributed by atoms with E-state index in [-0.39, 0.29) is 11.3 Å². The second kappa shape index (κ2) is 2.42. The molecule has 0 bridgehead atoms. The molecule has 1 aromatic heterocycles. The number of H-pyrrole nitrogens is 2. The van der Waals surface area contributed by atoms with Gasteiger partial charge >= 0.3 is 5.69 Å². The maximum Gasteiger partial charge on any atom is 0.326 e. The number of nitrogens with one attached hydrogen (secondary N) is 2. The first-order valence-corrected chi connectivity index (χ1v) is 2.88. The summed E-state index contributed by atoms with van der Waals surface area (Å²) < 4.78 is 0. The lowest BCUT2D eigenvalue weighted by Crippen LogP contribution is -2.25. The van der Waals surface area contributed by atoms with Crippen molar-refractivity contribution in [3.8, 4) is 6.07 Å². The summed E-state index contributed by atoms with van der Waals surface area (Å²) in [5.74, 6) is 0. The van der Waals surface area contributed by atoms with E-state index in [4.69, 9.17) is 5.26 Å². The second-order valence-electron chi connectivity index (χ2n) is 2.02. The minimum Gasteiger partial charge on any atom is -0.298 e. The molecule has 11 heavy (non-hydrogen) atoms. The Balaban J connectivity index is 3.66. The van der Waals surface area contributed by atoms with Gasteiger partial charge in [-0.1, -0.05) is 0 Å². The third-order valence-electron chi connectivity index (χ3n) is 1.29. The van der Waals surface area contributed by atoms with Crippen LogP contribution < -0.4 is 11.2 Å². The monoisotopic (exact) mass is 151 g/mol. The first-order chi connectivity index (χ1) is 5.15. The van der Waals surface area contributed by atoms with Gasteiger partial charge in [-0.2, -0.15) is 5.26 Å². The predicted molar refractivity (Wildman–Crippen MR) is 37.1 cm³/mol. The van der Waals surface area contributed by atoms with Gasteiger partial charge in [0.05, 0.1) is 0 Å². The van der Waals surface area contributed by atoms with Crippen LogP contribution >= 0.6 is 0 Å². The Morgan fingerprint density at radius 2 is 2.00 bits per heavy atom. The Bertz CT molecular complexity index is 421. The number of aromatic nitrogens is 2. The van der Waals surface area contributed by atoms with E-state index in [0.717, 1.165) is 0 Å². The van der Waals surface area contributed by atoms with Gasteiger partial charge in [0.15, 0.2) is 0 Å². The van der Waals surface area contributed by atoms with E-state index in [9.17, 15) is 9.59 Å². The predicted octanol–water partition coefficient (Wildman–Crippen LogP) is -0.757. The first kappa shape index (κ1) is 7.28. The SMILES string of the molecule is Cc1c(C#N)[nH]c(=O)[nH]c1=O. The molecule has 0 atom stereocenters. The molecule has 5 nitrogen and oxygen atoms in total. The molecule has 0 aliphatic carbocycles. The Morgan fingerprint density at radius 3 is 2.55 bits per heavy atom. The van der Waals surface area contributed by atoms with Gasteiger partial charge in [0.25, 0.3) is 5.56 Å². The molecular weight excluding hydrogens is 146 g/mol. The molecule has 0 unspecified atom stereocenters. The molecule has 0 fully saturated rings. The van der Waals surface area contributed by atoms with Gasteiger partial charge in [-0.3, -0.25) is 14.8 Å². The van der Waals surface area contributed by atoms with Crippen LogP contribution in [0.5, 0.6) is 0 Å². The number of hydrogen-bond acceptors (Lipinski definition) is 3. The maximum absolute atomic E-state index is 10.8. The van der Waals surface area contributed by atoms with Gasteiger partial charge in [-0.05, 0) is 6.92 Å². The van der Waals surface area contributed by atoms with Crippen molar-refractivity contribution in [1.29, 1.82) is 5.26 Å². The molecule has 0 spiro atoms. The summed E-state index contributed by atoms with van der Waals surface area (Å²) in [5.41, 5.74) is -0.937. The Labute approximate surface area is 61.3 Å². The van der Waals surface area contributed by atoms with Crippen molar-refractivity contribution >= 4 is 0 Å². The summed E-state index contributed by atoms with van der Waals surface area (Å²) in [6.45, 7) is 1.47. The highest BCUT2D eigenvalue weighted by Crippen LogP contribution is 1.89. The number of nitriles is 1. The molecule has 5 heteroatoms. The van der Waals surface area contributed by atoms with Crippen LogP contribution in [0.25, 0.3) is 0 Å². The molecule has 0 saturated carbocycles. The smallest absolute Gasteiger partial charge is 0.298 e. The zero-order chi connectivity index (χ0) is 8.43. The van der Waals surface area contributed by atoms with Crippen LogP contribution in [0, 0.1) is 18.3 Å². The van der Waals surface area contributed by atoms with Crippen molar-refractivity contribution in [3.63, 3.8) is 0 Å². The standard InChI is InChI=1S/C6H5N3O2/c1-3-4(2-7)8-6(11)9-5(3)10/h1H3,(H2,8,9,10,11). The van der Waals surface area contributed by atoms with E-state index in [1.54, 1.807) is 6.07 Å². The quantitative estimate of drug-likeness (QED) is 0.510.